The smallest absolute Gasteiger partial charge is 0.373 e. The van der Waals surface area contributed by atoms with Crippen molar-refractivity contribution in [2.45, 2.75) is 73.5 Å². The number of hydrogen-bond acceptors (Lipinski definition) is 5. The number of carbonyl (C=O) groups is 1. The summed E-state index contributed by atoms with van der Waals surface area (Å²) in [6, 6.07) is 4.14. The first-order chi connectivity index (χ1) is 18.9. The summed E-state index contributed by atoms with van der Waals surface area (Å²) in [5.74, 6) is -1.29. The Kier molecular flexibility index (Phi) is 8.12. The molecule has 0 saturated carbocycles. The molecule has 2 N–H and O–H groups in total. The highest BCUT2D eigenvalue weighted by Crippen LogP contribution is 2.51. The molecule has 1 saturated heterocycles. The van der Waals surface area contributed by atoms with E-state index in [1.165, 1.54) is 0 Å². The molecule has 4 rings (SSSR count). The van der Waals surface area contributed by atoms with Crippen LogP contribution in [0.4, 0.5) is 36.4 Å². The Morgan fingerprint density at radius 1 is 1.10 bits per heavy atom. The molecule has 0 spiro atoms. The summed E-state index contributed by atoms with van der Waals surface area (Å²) in [5, 5.41) is 12.5. The van der Waals surface area contributed by atoms with Crippen molar-refractivity contribution in [2.75, 3.05) is 17.5 Å². The number of anilines is 1. The zero-order valence-electron chi connectivity index (χ0n) is 21.6. The fourth-order valence-corrected chi connectivity index (χ4v) is 6.85. The lowest BCUT2D eigenvalue weighted by atomic mass is 9.87. The van der Waals surface area contributed by atoms with Gasteiger partial charge in [-0.15, -0.1) is 0 Å². The summed E-state index contributed by atoms with van der Waals surface area (Å²) in [6.45, 7) is 2.48. The van der Waals surface area contributed by atoms with Crippen molar-refractivity contribution in [3.8, 4) is 0 Å². The highest BCUT2D eigenvalue weighted by Gasteiger charge is 2.71. The Hall–Kier alpha value is -2.91. The first-order valence-electron chi connectivity index (χ1n) is 12.6. The number of halogens is 7. The predicted molar refractivity (Wildman–Crippen MR) is 132 cm³/mol. The lowest BCUT2D eigenvalue weighted by Gasteiger charge is -2.39. The number of fused-ring (bicyclic) bond motifs is 1. The molecule has 1 amide bonds. The quantitative estimate of drug-likeness (QED) is 0.442. The minimum absolute atomic E-state index is 0.144. The largest absolute Gasteiger partial charge is 0.430 e. The Labute approximate surface area is 231 Å². The molecule has 2 aromatic carbocycles. The van der Waals surface area contributed by atoms with Crippen molar-refractivity contribution in [2.24, 2.45) is 0 Å². The molecule has 1 fully saturated rings. The fraction of sp³-hybridized carbons (Fsp3) is 0.500. The van der Waals surface area contributed by atoms with Gasteiger partial charge in [-0.25, -0.2) is 12.8 Å². The molecule has 2 aliphatic rings. The van der Waals surface area contributed by atoms with E-state index in [9.17, 15) is 49.1 Å². The average molecular weight is 613 g/mol. The van der Waals surface area contributed by atoms with Gasteiger partial charge < -0.3 is 15.2 Å². The zero-order valence-corrected chi connectivity index (χ0v) is 22.5. The van der Waals surface area contributed by atoms with Crippen molar-refractivity contribution in [1.29, 1.82) is 0 Å². The third-order valence-electron chi connectivity index (χ3n) is 7.39. The normalized spacial score (nSPS) is 22.0. The monoisotopic (exact) mass is 612 g/mol. The van der Waals surface area contributed by atoms with Crippen molar-refractivity contribution in [3.05, 3.63) is 59.4 Å². The van der Waals surface area contributed by atoms with Gasteiger partial charge in [0.1, 0.15) is 5.82 Å². The van der Waals surface area contributed by atoms with Crippen molar-refractivity contribution in [3.63, 3.8) is 0 Å². The number of alkyl halides is 6. The molecular formula is C26H27F7N2O5S. The molecule has 0 bridgehead atoms. The minimum atomic E-state index is -6.13. The molecule has 41 heavy (non-hydrogen) atoms. The van der Waals surface area contributed by atoms with Gasteiger partial charge in [0.2, 0.25) is 5.91 Å². The summed E-state index contributed by atoms with van der Waals surface area (Å²) in [5.41, 5.74) is -7.82. The Bertz CT molecular complexity index is 1370. The maximum Gasteiger partial charge on any atom is 0.430 e. The van der Waals surface area contributed by atoms with Gasteiger partial charge in [0.25, 0.3) is 15.6 Å². The van der Waals surface area contributed by atoms with Gasteiger partial charge in [-0.05, 0) is 68.5 Å². The number of aryl methyl sites for hydroxylation is 1. The number of benzene rings is 2. The molecule has 0 aliphatic carbocycles. The number of amides is 1. The molecule has 0 radical (unpaired) electrons. The van der Waals surface area contributed by atoms with Gasteiger partial charge in [0.05, 0.1) is 22.2 Å². The number of sulfonamides is 1. The van der Waals surface area contributed by atoms with E-state index in [0.717, 1.165) is 41.1 Å². The van der Waals surface area contributed by atoms with Gasteiger partial charge in [-0.2, -0.15) is 26.3 Å². The summed E-state index contributed by atoms with van der Waals surface area (Å²) in [4.78, 5) is 12.5. The van der Waals surface area contributed by atoms with E-state index in [1.807, 2.05) is 6.92 Å². The second-order valence-electron chi connectivity index (χ2n) is 10.4. The second kappa shape index (κ2) is 10.7. The van der Waals surface area contributed by atoms with Crippen LogP contribution in [-0.4, -0.2) is 56.6 Å². The zero-order chi connectivity index (χ0) is 30.4. The standard InChI is InChI=1S/C26H27F7N2O5S/c1-23(11-2-12-40-23)15-34-22(36)14-19-7-3-16-13-17(24(37,25(28,29)30)26(31,32)33)4-10-21(16)35(19)41(38,39)20-8-5-18(27)6-9-20/h4-6,8-10,13,19,37H,2-3,7,11-12,14-15H2,1H3,(H,34,36)/t19-,23?/m0/s1. The van der Waals surface area contributed by atoms with Gasteiger partial charge in [0.15, 0.2) is 0 Å². The van der Waals surface area contributed by atoms with Crippen LogP contribution in [0.3, 0.4) is 0 Å². The third kappa shape index (κ3) is 5.89. The highest BCUT2D eigenvalue weighted by atomic mass is 32.2. The van der Waals surface area contributed by atoms with Crippen molar-refractivity contribution < 1.29 is 53.8 Å². The van der Waals surface area contributed by atoms with E-state index in [1.54, 1.807) is 0 Å². The number of nitrogens with one attached hydrogen (secondary N) is 1. The first kappa shape index (κ1) is 31.0. The number of nitrogens with zero attached hydrogens (tertiary/aromatic N) is 1. The van der Waals surface area contributed by atoms with Crippen LogP contribution >= 0.6 is 0 Å². The molecular weight excluding hydrogens is 585 g/mol. The topological polar surface area (TPSA) is 95.9 Å². The fourth-order valence-electron chi connectivity index (χ4n) is 5.13. The maximum atomic E-state index is 13.7. The summed E-state index contributed by atoms with van der Waals surface area (Å²) < 4.78 is 128. The highest BCUT2D eigenvalue weighted by molar-refractivity contribution is 7.92. The molecule has 1 unspecified atom stereocenters. The van der Waals surface area contributed by atoms with Crippen LogP contribution in [0.1, 0.15) is 43.7 Å². The van der Waals surface area contributed by atoms with Crippen LogP contribution in [0.5, 0.6) is 0 Å². The minimum Gasteiger partial charge on any atom is -0.373 e. The lowest BCUT2D eigenvalue weighted by molar-refractivity contribution is -0.376. The SMILES string of the molecule is CC1(CNC(=O)C[C@@H]2CCc3cc(C(O)(C(F)(F)F)C(F)(F)F)ccc3N2S(=O)(=O)c2ccc(F)cc2)CCCO1. The number of aliphatic hydroxyl groups is 1. The van der Waals surface area contributed by atoms with E-state index >= 15 is 0 Å². The Morgan fingerprint density at radius 3 is 2.29 bits per heavy atom. The van der Waals surface area contributed by atoms with E-state index < -0.39 is 61.8 Å². The Morgan fingerprint density at radius 2 is 1.73 bits per heavy atom. The van der Waals surface area contributed by atoms with E-state index in [0.29, 0.717) is 25.2 Å². The molecule has 2 aliphatic heterocycles. The van der Waals surface area contributed by atoms with Crippen LogP contribution in [0.15, 0.2) is 47.4 Å². The van der Waals surface area contributed by atoms with Crippen molar-refractivity contribution in [1.82, 2.24) is 5.32 Å². The number of rotatable bonds is 7. The molecule has 226 valence electrons. The number of carbonyl (C=O) groups excluding carboxylic acids is 1. The molecule has 2 atom stereocenters. The predicted octanol–water partition coefficient (Wildman–Crippen LogP) is 4.72. The molecule has 15 heteroatoms. The summed E-state index contributed by atoms with van der Waals surface area (Å²) >= 11 is 0. The van der Waals surface area contributed by atoms with Crippen LogP contribution in [0, 0.1) is 5.82 Å². The summed E-state index contributed by atoms with van der Waals surface area (Å²) in [7, 11) is -4.58. The van der Waals surface area contributed by atoms with E-state index in [4.69, 9.17) is 4.74 Å². The van der Waals surface area contributed by atoms with Crippen LogP contribution in [0.2, 0.25) is 0 Å². The van der Waals surface area contributed by atoms with Gasteiger partial charge in [0, 0.05) is 25.1 Å². The third-order valence-corrected chi connectivity index (χ3v) is 9.27. The van der Waals surface area contributed by atoms with Crippen LogP contribution < -0.4 is 9.62 Å². The first-order valence-corrected chi connectivity index (χ1v) is 14.0. The second-order valence-corrected chi connectivity index (χ2v) is 12.2. The number of hydrogen-bond donors (Lipinski definition) is 2. The van der Waals surface area contributed by atoms with E-state index in [2.05, 4.69) is 5.32 Å². The van der Waals surface area contributed by atoms with Gasteiger partial charge in [-0.3, -0.25) is 9.10 Å². The lowest BCUT2D eigenvalue weighted by Crippen LogP contribution is -2.54. The molecule has 2 heterocycles. The van der Waals surface area contributed by atoms with Crippen LogP contribution in [0.25, 0.3) is 0 Å². The average Bonchev–Trinajstić information content (AvgIpc) is 3.32. The van der Waals surface area contributed by atoms with E-state index in [-0.39, 0.29) is 37.1 Å². The Balaban J connectivity index is 1.73. The number of ether oxygens (including phenoxy) is 1. The van der Waals surface area contributed by atoms with Crippen LogP contribution in [-0.2, 0) is 31.6 Å². The molecule has 7 nitrogen and oxygen atoms in total. The maximum absolute atomic E-state index is 13.7. The molecule has 0 aromatic heterocycles. The van der Waals surface area contributed by atoms with Crippen molar-refractivity contribution >= 4 is 21.6 Å². The van der Waals surface area contributed by atoms with Gasteiger partial charge >= 0.3 is 12.4 Å². The summed E-state index contributed by atoms with van der Waals surface area (Å²) in [6.07, 6.45) is -11.5. The molecule has 2 aromatic rings. The van der Waals surface area contributed by atoms with Gasteiger partial charge in [-0.1, -0.05) is 12.1 Å².